The molecule has 1 aliphatic heterocycles. The van der Waals surface area contributed by atoms with Crippen LogP contribution in [0.1, 0.15) is 42.1 Å². The number of aromatic nitrogens is 2. The predicted molar refractivity (Wildman–Crippen MR) is 121 cm³/mol. The molecule has 1 aliphatic rings. The van der Waals surface area contributed by atoms with Gasteiger partial charge in [0.2, 0.25) is 0 Å². The Balaban J connectivity index is 1.88. The fraction of sp³-hybridized carbons (Fsp3) is 0.308. The first kappa shape index (κ1) is 19.0. The third-order valence-corrected chi connectivity index (χ3v) is 6.14. The third kappa shape index (κ3) is 2.94. The molecule has 5 rings (SSSR count). The number of hydrogen-bond acceptors (Lipinski definition) is 4. The lowest BCUT2D eigenvalue weighted by Gasteiger charge is -2.22. The molecular formula is C26H26N2O2. The van der Waals surface area contributed by atoms with E-state index in [1.165, 1.54) is 5.56 Å². The van der Waals surface area contributed by atoms with Crippen molar-refractivity contribution in [2.24, 2.45) is 0 Å². The van der Waals surface area contributed by atoms with Crippen molar-refractivity contribution >= 4 is 21.8 Å². The van der Waals surface area contributed by atoms with Gasteiger partial charge >= 0.3 is 0 Å². The van der Waals surface area contributed by atoms with Crippen LogP contribution in [-0.4, -0.2) is 28.3 Å². The van der Waals surface area contributed by atoms with Crippen LogP contribution in [-0.2, 0) is 12.8 Å². The van der Waals surface area contributed by atoms with Gasteiger partial charge in [-0.2, -0.15) is 0 Å². The van der Waals surface area contributed by atoms with Crippen molar-refractivity contribution in [1.29, 1.82) is 0 Å². The molecule has 3 heterocycles. The summed E-state index contributed by atoms with van der Waals surface area (Å²) < 4.78 is 5.93. The zero-order valence-corrected chi connectivity index (χ0v) is 17.7. The summed E-state index contributed by atoms with van der Waals surface area (Å²) in [6, 6.07) is 12.7. The van der Waals surface area contributed by atoms with E-state index in [2.05, 4.69) is 57.2 Å². The Bertz CT molecular complexity index is 1270. The molecule has 4 nitrogen and oxygen atoms in total. The average Bonchev–Trinajstić information content (AvgIpc) is 2.75. The van der Waals surface area contributed by atoms with Gasteiger partial charge in [0, 0.05) is 41.3 Å². The SMILES string of the molecule is Cc1cc2nc(C(C)C)ccc2c(-c2ccc3c4c(ccnc24)CCO3)c1CCO. The van der Waals surface area contributed by atoms with Crippen LogP contribution in [0.15, 0.2) is 42.6 Å². The van der Waals surface area contributed by atoms with Gasteiger partial charge < -0.3 is 9.84 Å². The Morgan fingerprint density at radius 3 is 2.80 bits per heavy atom. The maximum Gasteiger partial charge on any atom is 0.129 e. The largest absolute Gasteiger partial charge is 0.493 e. The molecule has 0 atom stereocenters. The van der Waals surface area contributed by atoms with Crippen molar-refractivity contribution in [3.63, 3.8) is 0 Å². The van der Waals surface area contributed by atoms with Gasteiger partial charge in [0.25, 0.3) is 0 Å². The topological polar surface area (TPSA) is 55.2 Å². The molecule has 0 unspecified atom stereocenters. The summed E-state index contributed by atoms with van der Waals surface area (Å²) in [7, 11) is 0. The summed E-state index contributed by atoms with van der Waals surface area (Å²) in [6.45, 7) is 7.25. The van der Waals surface area contributed by atoms with Crippen molar-refractivity contribution in [3.8, 4) is 16.9 Å². The van der Waals surface area contributed by atoms with Gasteiger partial charge in [-0.25, -0.2) is 0 Å². The highest BCUT2D eigenvalue weighted by Crippen LogP contribution is 2.42. The number of ether oxygens (including phenoxy) is 1. The number of benzene rings is 2. The van der Waals surface area contributed by atoms with E-state index in [0.29, 0.717) is 18.9 Å². The molecule has 0 bridgehead atoms. The maximum atomic E-state index is 9.80. The van der Waals surface area contributed by atoms with Gasteiger partial charge in [0.1, 0.15) is 5.75 Å². The number of aliphatic hydroxyl groups excluding tert-OH is 1. The lowest BCUT2D eigenvalue weighted by atomic mass is 9.87. The first-order chi connectivity index (χ1) is 14.6. The second-order valence-electron chi connectivity index (χ2n) is 8.38. The Labute approximate surface area is 176 Å². The van der Waals surface area contributed by atoms with E-state index in [-0.39, 0.29) is 6.61 Å². The normalized spacial score (nSPS) is 13.2. The first-order valence-corrected chi connectivity index (χ1v) is 10.7. The van der Waals surface area contributed by atoms with Crippen molar-refractivity contribution in [1.82, 2.24) is 9.97 Å². The molecule has 30 heavy (non-hydrogen) atoms. The van der Waals surface area contributed by atoms with Gasteiger partial charge in [-0.3, -0.25) is 9.97 Å². The summed E-state index contributed by atoms with van der Waals surface area (Å²) in [5.74, 6) is 1.28. The van der Waals surface area contributed by atoms with Crippen molar-refractivity contribution in [3.05, 3.63) is 65.0 Å². The second-order valence-corrected chi connectivity index (χ2v) is 8.38. The maximum absolute atomic E-state index is 9.80. The van der Waals surface area contributed by atoms with Gasteiger partial charge in [-0.15, -0.1) is 0 Å². The molecule has 0 amide bonds. The number of aliphatic hydroxyl groups is 1. The Morgan fingerprint density at radius 1 is 1.13 bits per heavy atom. The van der Waals surface area contributed by atoms with Crippen LogP contribution in [0.25, 0.3) is 32.9 Å². The van der Waals surface area contributed by atoms with Crippen LogP contribution in [0.5, 0.6) is 5.75 Å². The lowest BCUT2D eigenvalue weighted by molar-refractivity contribution is 0.299. The number of nitrogens with zero attached hydrogens (tertiary/aromatic N) is 2. The molecule has 0 saturated heterocycles. The highest BCUT2D eigenvalue weighted by atomic mass is 16.5. The van der Waals surface area contributed by atoms with Crippen LogP contribution in [0, 0.1) is 6.92 Å². The standard InChI is InChI=1S/C26H26N2O2/c1-15(2)21-6-4-19-22(28-21)14-16(3)18(9-12-29)25(19)20-5-7-23-24-17(10-13-30-23)8-11-27-26(20)24/h4-8,11,14-15,29H,9-10,12-13H2,1-3H3. The van der Waals surface area contributed by atoms with Crippen molar-refractivity contribution < 1.29 is 9.84 Å². The number of pyridine rings is 2. The van der Waals surface area contributed by atoms with Gasteiger partial charge in [-0.1, -0.05) is 19.9 Å². The average molecular weight is 399 g/mol. The molecular weight excluding hydrogens is 372 g/mol. The minimum absolute atomic E-state index is 0.106. The number of aryl methyl sites for hydroxylation is 1. The predicted octanol–water partition coefficient (Wildman–Crippen LogP) is 5.35. The molecule has 0 radical (unpaired) electrons. The van der Waals surface area contributed by atoms with Crippen molar-refractivity contribution in [2.75, 3.05) is 13.2 Å². The van der Waals surface area contributed by atoms with E-state index in [9.17, 15) is 5.11 Å². The highest BCUT2D eigenvalue weighted by molar-refractivity contribution is 6.07. The summed E-state index contributed by atoms with van der Waals surface area (Å²) in [5, 5.41) is 12.0. The molecule has 2 aromatic heterocycles. The molecule has 0 aliphatic carbocycles. The summed E-state index contributed by atoms with van der Waals surface area (Å²) in [5.41, 5.74) is 8.84. The molecule has 0 fully saturated rings. The van der Waals surface area contributed by atoms with Crippen LogP contribution in [0.3, 0.4) is 0 Å². The summed E-state index contributed by atoms with van der Waals surface area (Å²) >= 11 is 0. The highest BCUT2D eigenvalue weighted by Gasteiger charge is 2.21. The fourth-order valence-electron chi connectivity index (χ4n) is 4.63. The van der Waals surface area contributed by atoms with E-state index in [1.54, 1.807) is 0 Å². The first-order valence-electron chi connectivity index (χ1n) is 10.7. The molecule has 2 aromatic carbocycles. The summed E-state index contributed by atoms with van der Waals surface area (Å²) in [4.78, 5) is 9.74. The summed E-state index contributed by atoms with van der Waals surface area (Å²) in [6.07, 6.45) is 3.39. The molecule has 4 aromatic rings. The second kappa shape index (κ2) is 7.37. The minimum Gasteiger partial charge on any atom is -0.493 e. The molecule has 152 valence electrons. The van der Waals surface area contributed by atoms with E-state index >= 15 is 0 Å². The Hall–Kier alpha value is -2.98. The van der Waals surface area contributed by atoms with Gasteiger partial charge in [-0.05, 0) is 71.8 Å². The smallest absolute Gasteiger partial charge is 0.129 e. The van der Waals surface area contributed by atoms with E-state index in [1.807, 2.05) is 6.20 Å². The zero-order chi connectivity index (χ0) is 20.8. The quantitative estimate of drug-likeness (QED) is 0.503. The van der Waals surface area contributed by atoms with E-state index < -0.39 is 0 Å². The van der Waals surface area contributed by atoms with Crippen LogP contribution in [0.4, 0.5) is 0 Å². The zero-order valence-electron chi connectivity index (χ0n) is 17.7. The Morgan fingerprint density at radius 2 is 2.00 bits per heavy atom. The minimum atomic E-state index is 0.106. The molecule has 0 saturated carbocycles. The Kier molecular flexibility index (Phi) is 4.67. The van der Waals surface area contributed by atoms with Crippen LogP contribution in [0.2, 0.25) is 0 Å². The molecule has 0 spiro atoms. The fourth-order valence-corrected chi connectivity index (χ4v) is 4.63. The molecule has 1 N–H and O–H groups in total. The number of fused-ring (bicyclic) bond motifs is 1. The van der Waals surface area contributed by atoms with Crippen LogP contribution >= 0.6 is 0 Å². The third-order valence-electron chi connectivity index (χ3n) is 6.14. The molecule has 4 heteroatoms. The number of hydrogen-bond donors (Lipinski definition) is 1. The lowest BCUT2D eigenvalue weighted by Crippen LogP contribution is -2.09. The van der Waals surface area contributed by atoms with Crippen molar-refractivity contribution in [2.45, 2.75) is 39.5 Å². The van der Waals surface area contributed by atoms with Gasteiger partial charge in [0.15, 0.2) is 0 Å². The van der Waals surface area contributed by atoms with Crippen LogP contribution < -0.4 is 4.74 Å². The number of rotatable bonds is 4. The van der Waals surface area contributed by atoms with Gasteiger partial charge in [0.05, 0.1) is 17.6 Å². The monoisotopic (exact) mass is 398 g/mol. The van der Waals surface area contributed by atoms with E-state index in [0.717, 1.165) is 61.9 Å². The van der Waals surface area contributed by atoms with E-state index in [4.69, 9.17) is 14.7 Å².